The zero-order valence-electron chi connectivity index (χ0n) is 13.6. The summed E-state index contributed by atoms with van der Waals surface area (Å²) >= 11 is 0. The number of carboxylic acid groups (broad SMARTS) is 1. The number of pyridine rings is 1. The Labute approximate surface area is 140 Å². The third kappa shape index (κ3) is 2.64. The van der Waals surface area contributed by atoms with E-state index < -0.39 is 12.0 Å². The molecule has 2 aliphatic carbocycles. The Morgan fingerprint density at radius 1 is 1.21 bits per heavy atom. The van der Waals surface area contributed by atoms with Gasteiger partial charge < -0.3 is 14.7 Å². The molecule has 6 heteroatoms. The third-order valence-corrected chi connectivity index (χ3v) is 5.73. The van der Waals surface area contributed by atoms with Crippen molar-refractivity contribution in [2.24, 2.45) is 11.8 Å². The zero-order chi connectivity index (χ0) is 16.7. The number of hydrogen-bond acceptors (Lipinski definition) is 4. The molecule has 1 amide bonds. The molecule has 3 unspecified atom stereocenters. The molecule has 3 fully saturated rings. The first kappa shape index (κ1) is 15.4. The normalized spacial score (nSPS) is 29.2. The van der Waals surface area contributed by atoms with Crippen LogP contribution in [0.5, 0.6) is 5.88 Å². The monoisotopic (exact) mass is 330 g/mol. The summed E-state index contributed by atoms with van der Waals surface area (Å²) in [5, 5.41) is 9.61. The van der Waals surface area contributed by atoms with E-state index in [0.717, 1.165) is 32.1 Å². The van der Waals surface area contributed by atoms with Crippen LogP contribution < -0.4 is 4.74 Å². The minimum atomic E-state index is -0.891. The van der Waals surface area contributed by atoms with Gasteiger partial charge >= 0.3 is 5.97 Å². The second-order valence-corrected chi connectivity index (χ2v) is 7.15. The molecule has 128 valence electrons. The number of rotatable bonds is 4. The van der Waals surface area contributed by atoms with Gasteiger partial charge in [0.1, 0.15) is 12.1 Å². The molecular weight excluding hydrogens is 308 g/mol. The van der Waals surface area contributed by atoms with Crippen LogP contribution in [0.2, 0.25) is 0 Å². The number of amides is 1. The smallest absolute Gasteiger partial charge is 0.326 e. The molecule has 1 N–H and O–H groups in total. The maximum Gasteiger partial charge on any atom is 0.326 e. The predicted molar refractivity (Wildman–Crippen MR) is 85.8 cm³/mol. The fraction of sp³-hybridized carbons (Fsp3) is 0.611. The van der Waals surface area contributed by atoms with Gasteiger partial charge in [0.15, 0.2) is 0 Å². The Hall–Kier alpha value is -2.11. The number of nitrogens with zero attached hydrogens (tertiary/aromatic N) is 2. The second-order valence-electron chi connectivity index (χ2n) is 7.15. The van der Waals surface area contributed by atoms with Crippen molar-refractivity contribution in [1.82, 2.24) is 9.88 Å². The van der Waals surface area contributed by atoms with E-state index in [-0.39, 0.29) is 17.9 Å². The summed E-state index contributed by atoms with van der Waals surface area (Å²) in [6, 6.07) is 2.59. The fourth-order valence-corrected chi connectivity index (χ4v) is 4.26. The summed E-state index contributed by atoms with van der Waals surface area (Å²) in [5.74, 6) is -0.242. The summed E-state index contributed by atoms with van der Waals surface area (Å²) in [4.78, 5) is 30.3. The van der Waals surface area contributed by atoms with E-state index in [0.29, 0.717) is 23.9 Å². The van der Waals surface area contributed by atoms with E-state index in [9.17, 15) is 14.7 Å². The number of carbonyl (C=O) groups is 2. The quantitative estimate of drug-likeness (QED) is 0.916. The van der Waals surface area contributed by atoms with Crippen LogP contribution in [-0.2, 0) is 4.79 Å². The molecule has 3 atom stereocenters. The van der Waals surface area contributed by atoms with E-state index in [1.54, 1.807) is 23.2 Å². The molecule has 1 aromatic heterocycles. The van der Waals surface area contributed by atoms with Crippen LogP contribution in [0.15, 0.2) is 18.3 Å². The van der Waals surface area contributed by atoms with Crippen molar-refractivity contribution in [3.63, 3.8) is 0 Å². The first-order valence-corrected chi connectivity index (χ1v) is 8.80. The topological polar surface area (TPSA) is 79.7 Å². The van der Waals surface area contributed by atoms with E-state index in [1.807, 2.05) is 0 Å². The summed E-state index contributed by atoms with van der Waals surface area (Å²) in [5.41, 5.74) is 0.463. The zero-order valence-corrected chi connectivity index (χ0v) is 13.6. The van der Waals surface area contributed by atoms with Gasteiger partial charge in [-0.25, -0.2) is 9.78 Å². The first-order valence-electron chi connectivity index (χ1n) is 8.80. The summed E-state index contributed by atoms with van der Waals surface area (Å²) in [6.45, 7) is 0.543. The maximum absolute atomic E-state index is 12.9. The summed E-state index contributed by atoms with van der Waals surface area (Å²) in [7, 11) is 0. The van der Waals surface area contributed by atoms with Crippen molar-refractivity contribution in [3.05, 3.63) is 23.9 Å². The van der Waals surface area contributed by atoms with E-state index in [4.69, 9.17) is 4.74 Å². The lowest BCUT2D eigenvalue weighted by molar-refractivity contribution is -0.142. The molecule has 4 rings (SSSR count). The summed E-state index contributed by atoms with van der Waals surface area (Å²) in [6.07, 6.45) is 7.96. The lowest BCUT2D eigenvalue weighted by Gasteiger charge is -2.26. The molecule has 6 nitrogen and oxygen atoms in total. The Kier molecular flexibility index (Phi) is 3.90. The van der Waals surface area contributed by atoms with Crippen LogP contribution in [0.1, 0.15) is 48.9 Å². The highest BCUT2D eigenvalue weighted by molar-refractivity contribution is 5.97. The molecule has 0 radical (unpaired) electrons. The van der Waals surface area contributed by atoms with Gasteiger partial charge in [-0.05, 0) is 50.0 Å². The molecule has 1 saturated heterocycles. The average Bonchev–Trinajstić information content (AvgIpc) is 3.10. The lowest BCUT2D eigenvalue weighted by atomic mass is 9.94. The number of aromatic nitrogens is 1. The second kappa shape index (κ2) is 6.07. The molecule has 3 aliphatic rings. The van der Waals surface area contributed by atoms with Gasteiger partial charge in [-0.2, -0.15) is 0 Å². The average molecular weight is 330 g/mol. The predicted octanol–water partition coefficient (Wildman–Crippen LogP) is 2.34. The third-order valence-electron chi connectivity index (χ3n) is 5.73. The van der Waals surface area contributed by atoms with Gasteiger partial charge in [0.25, 0.3) is 5.91 Å². The Morgan fingerprint density at radius 3 is 2.71 bits per heavy atom. The van der Waals surface area contributed by atoms with Crippen LogP contribution in [0.3, 0.4) is 0 Å². The molecule has 1 aliphatic heterocycles. The maximum atomic E-state index is 12.9. The molecule has 2 heterocycles. The lowest BCUT2D eigenvalue weighted by Crippen LogP contribution is -2.43. The number of aliphatic carboxylic acids is 1. The number of ether oxygens (including phenoxy) is 1. The molecule has 0 bridgehead atoms. The molecule has 0 spiro atoms. The van der Waals surface area contributed by atoms with Crippen molar-refractivity contribution in [3.8, 4) is 5.88 Å². The first-order chi connectivity index (χ1) is 11.6. The van der Waals surface area contributed by atoms with Crippen LogP contribution >= 0.6 is 0 Å². The molecule has 2 saturated carbocycles. The Morgan fingerprint density at radius 2 is 2.00 bits per heavy atom. The number of carbonyl (C=O) groups excluding carboxylic acids is 1. The van der Waals surface area contributed by atoms with Crippen LogP contribution in [0.25, 0.3) is 0 Å². The van der Waals surface area contributed by atoms with Crippen molar-refractivity contribution < 1.29 is 19.4 Å². The van der Waals surface area contributed by atoms with Crippen LogP contribution in [-0.4, -0.2) is 45.6 Å². The number of likely N-dealkylation sites (tertiary alicyclic amines) is 1. The minimum absolute atomic E-state index is 0.0963. The van der Waals surface area contributed by atoms with Gasteiger partial charge in [0.2, 0.25) is 5.88 Å². The van der Waals surface area contributed by atoms with Gasteiger partial charge in [0.05, 0.1) is 0 Å². The largest absolute Gasteiger partial charge is 0.480 e. The van der Waals surface area contributed by atoms with Crippen molar-refractivity contribution in [2.45, 2.75) is 50.7 Å². The number of fused-ring (bicyclic) bond motifs is 1. The SMILES string of the molecule is O=C(O)C1C2CCCC2CN1C(=O)c1ccnc(OC2CCC2)c1. The Bertz CT molecular complexity index is 658. The molecule has 0 aromatic carbocycles. The number of hydrogen-bond donors (Lipinski definition) is 1. The highest BCUT2D eigenvalue weighted by atomic mass is 16.5. The highest BCUT2D eigenvalue weighted by Crippen LogP contribution is 2.42. The van der Waals surface area contributed by atoms with Crippen molar-refractivity contribution in [1.29, 1.82) is 0 Å². The Balaban J connectivity index is 1.54. The molecular formula is C18H22N2O4. The fourth-order valence-electron chi connectivity index (χ4n) is 4.26. The van der Waals surface area contributed by atoms with Gasteiger partial charge in [0, 0.05) is 24.4 Å². The van der Waals surface area contributed by atoms with Gasteiger partial charge in [-0.3, -0.25) is 4.79 Å². The van der Waals surface area contributed by atoms with E-state index in [2.05, 4.69) is 4.98 Å². The van der Waals surface area contributed by atoms with Crippen molar-refractivity contribution in [2.75, 3.05) is 6.54 Å². The highest BCUT2D eigenvalue weighted by Gasteiger charge is 2.49. The van der Waals surface area contributed by atoms with Gasteiger partial charge in [-0.1, -0.05) is 6.42 Å². The standard InChI is InChI=1S/C18H22N2O4/c21-17(11-7-8-19-15(9-11)24-13-4-2-5-13)20-10-12-3-1-6-14(12)16(20)18(22)23/h7-9,12-14,16H,1-6,10H2,(H,22,23). The van der Waals surface area contributed by atoms with Crippen LogP contribution in [0.4, 0.5) is 0 Å². The molecule has 24 heavy (non-hydrogen) atoms. The van der Waals surface area contributed by atoms with Gasteiger partial charge in [-0.15, -0.1) is 0 Å². The minimum Gasteiger partial charge on any atom is -0.480 e. The molecule has 1 aromatic rings. The van der Waals surface area contributed by atoms with E-state index in [1.165, 1.54) is 6.42 Å². The summed E-state index contributed by atoms with van der Waals surface area (Å²) < 4.78 is 5.75. The van der Waals surface area contributed by atoms with Crippen LogP contribution in [0, 0.1) is 11.8 Å². The number of carboxylic acids is 1. The van der Waals surface area contributed by atoms with Crippen molar-refractivity contribution >= 4 is 11.9 Å². The van der Waals surface area contributed by atoms with E-state index >= 15 is 0 Å².